The molecule has 1 rings (SSSR count). The summed E-state index contributed by atoms with van der Waals surface area (Å²) < 4.78 is 5.22. The van der Waals surface area contributed by atoms with Gasteiger partial charge in [-0.3, -0.25) is 0 Å². The van der Waals surface area contributed by atoms with E-state index in [9.17, 15) is 0 Å². The number of ether oxygens (including phenoxy) is 1. The average Bonchev–Trinajstić information content (AvgIpc) is 2.11. The van der Waals surface area contributed by atoms with Crippen molar-refractivity contribution in [1.82, 2.24) is 0 Å². The Labute approximate surface area is 78.9 Å². The molecule has 3 nitrogen and oxygen atoms in total. The highest BCUT2D eigenvalue weighted by molar-refractivity contribution is 5.59. The lowest BCUT2D eigenvalue weighted by Crippen LogP contribution is -2.11. The third-order valence-electron chi connectivity index (χ3n) is 2.11. The number of nitrogens with one attached hydrogen (secondary N) is 1. The fraction of sp³-hybridized carbons (Fsp3) is 0.400. The van der Waals surface area contributed by atoms with E-state index in [1.54, 1.807) is 7.11 Å². The SMILES string of the molecule is COc1cc(C)c(C)cc1NCN. The quantitative estimate of drug-likeness (QED) is 0.695. The third-order valence-corrected chi connectivity index (χ3v) is 2.11. The highest BCUT2D eigenvalue weighted by Crippen LogP contribution is 2.27. The molecule has 0 spiro atoms. The predicted octanol–water partition coefficient (Wildman–Crippen LogP) is 1.64. The van der Waals surface area contributed by atoms with Crippen LogP contribution in [0.15, 0.2) is 12.1 Å². The molecule has 0 aliphatic carbocycles. The zero-order valence-corrected chi connectivity index (χ0v) is 8.35. The smallest absolute Gasteiger partial charge is 0.142 e. The van der Waals surface area contributed by atoms with E-state index in [1.807, 2.05) is 12.1 Å². The number of hydrogen-bond donors (Lipinski definition) is 2. The molecule has 0 saturated heterocycles. The summed E-state index contributed by atoms with van der Waals surface area (Å²) in [6.45, 7) is 4.54. The van der Waals surface area contributed by atoms with Gasteiger partial charge in [0.15, 0.2) is 0 Å². The highest BCUT2D eigenvalue weighted by Gasteiger charge is 2.03. The van der Waals surface area contributed by atoms with E-state index in [0.29, 0.717) is 6.67 Å². The van der Waals surface area contributed by atoms with Crippen molar-refractivity contribution in [3.05, 3.63) is 23.3 Å². The van der Waals surface area contributed by atoms with Crippen LogP contribution in [0.5, 0.6) is 5.75 Å². The second-order valence-corrected chi connectivity index (χ2v) is 3.02. The lowest BCUT2D eigenvalue weighted by molar-refractivity contribution is 0.416. The molecule has 0 saturated carbocycles. The predicted molar refractivity (Wildman–Crippen MR) is 55.1 cm³/mol. The first-order valence-corrected chi connectivity index (χ1v) is 4.28. The minimum atomic E-state index is 0.416. The Hall–Kier alpha value is -1.22. The number of nitrogens with two attached hydrogens (primary N) is 1. The summed E-state index contributed by atoms with van der Waals surface area (Å²) in [5.74, 6) is 0.841. The first-order valence-electron chi connectivity index (χ1n) is 4.28. The average molecular weight is 180 g/mol. The topological polar surface area (TPSA) is 47.3 Å². The molecule has 0 bridgehead atoms. The standard InChI is InChI=1S/C10H16N2O/c1-7-4-9(12-6-11)10(13-3)5-8(7)2/h4-5,12H,6,11H2,1-3H3. The Morgan fingerprint density at radius 3 is 2.46 bits per heavy atom. The molecular weight excluding hydrogens is 164 g/mol. The molecule has 0 radical (unpaired) electrons. The maximum atomic E-state index is 5.41. The summed E-state index contributed by atoms with van der Waals surface area (Å²) in [5, 5.41) is 3.05. The lowest BCUT2D eigenvalue weighted by atomic mass is 10.1. The van der Waals surface area contributed by atoms with Gasteiger partial charge in [-0.2, -0.15) is 0 Å². The van der Waals surface area contributed by atoms with Gasteiger partial charge >= 0.3 is 0 Å². The van der Waals surface area contributed by atoms with Crippen LogP contribution in [0.3, 0.4) is 0 Å². The van der Waals surface area contributed by atoms with Gasteiger partial charge in [-0.25, -0.2) is 0 Å². The molecule has 72 valence electrons. The van der Waals surface area contributed by atoms with Gasteiger partial charge in [-0.05, 0) is 37.1 Å². The van der Waals surface area contributed by atoms with Crippen LogP contribution in [0.25, 0.3) is 0 Å². The second-order valence-electron chi connectivity index (χ2n) is 3.02. The van der Waals surface area contributed by atoms with Gasteiger partial charge in [-0.15, -0.1) is 0 Å². The van der Waals surface area contributed by atoms with Crippen molar-refractivity contribution < 1.29 is 4.74 Å². The summed E-state index contributed by atoms with van der Waals surface area (Å²) in [7, 11) is 1.66. The summed E-state index contributed by atoms with van der Waals surface area (Å²) in [6, 6.07) is 4.05. The van der Waals surface area contributed by atoms with Gasteiger partial charge in [-0.1, -0.05) is 0 Å². The molecule has 0 aliphatic rings. The van der Waals surface area contributed by atoms with Gasteiger partial charge in [0.2, 0.25) is 0 Å². The van der Waals surface area contributed by atoms with Crippen molar-refractivity contribution >= 4 is 5.69 Å². The summed E-state index contributed by atoms with van der Waals surface area (Å²) in [4.78, 5) is 0. The summed E-state index contributed by atoms with van der Waals surface area (Å²) in [5.41, 5.74) is 8.81. The Kier molecular flexibility index (Phi) is 3.14. The summed E-state index contributed by atoms with van der Waals surface area (Å²) in [6.07, 6.45) is 0. The summed E-state index contributed by atoms with van der Waals surface area (Å²) >= 11 is 0. The van der Waals surface area contributed by atoms with Crippen molar-refractivity contribution in [3.8, 4) is 5.75 Å². The van der Waals surface area contributed by atoms with Crippen LogP contribution in [0.1, 0.15) is 11.1 Å². The Morgan fingerprint density at radius 1 is 1.31 bits per heavy atom. The van der Waals surface area contributed by atoms with Crippen LogP contribution >= 0.6 is 0 Å². The molecule has 0 heterocycles. The third kappa shape index (κ3) is 2.12. The molecule has 0 aliphatic heterocycles. The molecule has 0 atom stereocenters. The number of methoxy groups -OCH3 is 1. The van der Waals surface area contributed by atoms with Crippen molar-refractivity contribution in [1.29, 1.82) is 0 Å². The van der Waals surface area contributed by atoms with Crippen LogP contribution in [-0.2, 0) is 0 Å². The molecule has 13 heavy (non-hydrogen) atoms. The monoisotopic (exact) mass is 180 g/mol. The Balaban J connectivity index is 3.09. The normalized spacial score (nSPS) is 9.85. The van der Waals surface area contributed by atoms with Gasteiger partial charge in [0, 0.05) is 0 Å². The van der Waals surface area contributed by atoms with Gasteiger partial charge < -0.3 is 15.8 Å². The van der Waals surface area contributed by atoms with E-state index in [-0.39, 0.29) is 0 Å². The number of benzene rings is 1. The number of anilines is 1. The molecule has 0 aromatic heterocycles. The number of rotatable bonds is 3. The van der Waals surface area contributed by atoms with E-state index in [2.05, 4.69) is 19.2 Å². The lowest BCUT2D eigenvalue weighted by Gasteiger charge is -2.12. The van der Waals surface area contributed by atoms with E-state index in [4.69, 9.17) is 10.5 Å². The molecule has 0 amide bonds. The van der Waals surface area contributed by atoms with Gasteiger partial charge in [0.05, 0.1) is 19.5 Å². The van der Waals surface area contributed by atoms with Crippen molar-refractivity contribution in [2.45, 2.75) is 13.8 Å². The first-order chi connectivity index (χ1) is 6.19. The van der Waals surface area contributed by atoms with Gasteiger partial charge in [0.25, 0.3) is 0 Å². The molecule has 3 N–H and O–H groups in total. The molecule has 0 unspecified atom stereocenters. The Bertz CT molecular complexity index is 297. The Morgan fingerprint density at radius 2 is 1.92 bits per heavy atom. The fourth-order valence-electron chi connectivity index (χ4n) is 1.21. The van der Waals surface area contributed by atoms with Gasteiger partial charge in [0.1, 0.15) is 5.75 Å². The molecule has 1 aromatic carbocycles. The largest absolute Gasteiger partial charge is 0.495 e. The van der Waals surface area contributed by atoms with Crippen LogP contribution in [0, 0.1) is 13.8 Å². The highest BCUT2D eigenvalue weighted by atomic mass is 16.5. The van der Waals surface area contributed by atoms with Crippen molar-refractivity contribution in [2.75, 3.05) is 19.1 Å². The van der Waals surface area contributed by atoms with E-state index < -0.39 is 0 Å². The van der Waals surface area contributed by atoms with E-state index in [1.165, 1.54) is 11.1 Å². The van der Waals surface area contributed by atoms with E-state index in [0.717, 1.165) is 11.4 Å². The van der Waals surface area contributed by atoms with Crippen molar-refractivity contribution in [2.24, 2.45) is 5.73 Å². The first kappa shape index (κ1) is 9.86. The molecule has 0 fully saturated rings. The number of hydrogen-bond acceptors (Lipinski definition) is 3. The van der Waals surface area contributed by atoms with Crippen molar-refractivity contribution in [3.63, 3.8) is 0 Å². The van der Waals surface area contributed by atoms with E-state index >= 15 is 0 Å². The molecule has 3 heteroatoms. The van der Waals surface area contributed by atoms with Crippen LogP contribution in [0.2, 0.25) is 0 Å². The maximum Gasteiger partial charge on any atom is 0.142 e. The zero-order valence-electron chi connectivity index (χ0n) is 8.35. The number of aryl methyl sites for hydroxylation is 2. The fourth-order valence-corrected chi connectivity index (χ4v) is 1.21. The molecule has 1 aromatic rings. The maximum absolute atomic E-state index is 5.41. The van der Waals surface area contributed by atoms with Crippen LogP contribution < -0.4 is 15.8 Å². The minimum absolute atomic E-state index is 0.416. The minimum Gasteiger partial charge on any atom is -0.495 e. The van der Waals surface area contributed by atoms with Crippen LogP contribution in [0.4, 0.5) is 5.69 Å². The van der Waals surface area contributed by atoms with Crippen LogP contribution in [-0.4, -0.2) is 13.8 Å². The zero-order chi connectivity index (χ0) is 9.84. The molecular formula is C10H16N2O. The second kappa shape index (κ2) is 4.14.